The standard InChI is InChI=1S/C15H22N2O2/c1-3-8-17-15(10-14(16)18)7-6-11-4-5-12(19-2)9-13(11)15/h4-5,9,17H,3,6-8,10H2,1-2H3,(H2,16,18). The topological polar surface area (TPSA) is 64.3 Å². The molecule has 0 spiro atoms. The minimum absolute atomic E-state index is 0.265. The maximum atomic E-state index is 11.4. The van der Waals surface area contributed by atoms with Crippen LogP contribution in [0.2, 0.25) is 0 Å². The molecule has 0 saturated carbocycles. The van der Waals surface area contributed by atoms with Gasteiger partial charge in [-0.05, 0) is 49.1 Å². The monoisotopic (exact) mass is 262 g/mol. The van der Waals surface area contributed by atoms with Crippen molar-refractivity contribution in [3.05, 3.63) is 29.3 Å². The molecule has 1 aromatic rings. The predicted molar refractivity (Wildman–Crippen MR) is 75.1 cm³/mol. The van der Waals surface area contributed by atoms with Gasteiger partial charge < -0.3 is 15.8 Å². The number of nitrogens with one attached hydrogen (secondary N) is 1. The Balaban J connectivity index is 2.38. The molecule has 1 unspecified atom stereocenters. The molecular weight excluding hydrogens is 240 g/mol. The molecule has 1 aliphatic rings. The van der Waals surface area contributed by atoms with Crippen molar-refractivity contribution in [3.8, 4) is 5.75 Å². The van der Waals surface area contributed by atoms with E-state index in [1.54, 1.807) is 7.11 Å². The highest BCUT2D eigenvalue weighted by atomic mass is 16.5. The third-order valence-corrected chi connectivity index (χ3v) is 3.84. The van der Waals surface area contributed by atoms with Gasteiger partial charge in [0, 0.05) is 6.42 Å². The fourth-order valence-electron chi connectivity index (χ4n) is 2.92. The number of ether oxygens (including phenoxy) is 1. The van der Waals surface area contributed by atoms with E-state index in [9.17, 15) is 4.79 Å². The second-order valence-corrected chi connectivity index (χ2v) is 5.18. The highest BCUT2D eigenvalue weighted by molar-refractivity contribution is 5.76. The van der Waals surface area contributed by atoms with Crippen LogP contribution in [0.5, 0.6) is 5.75 Å². The van der Waals surface area contributed by atoms with Crippen molar-refractivity contribution in [2.24, 2.45) is 5.73 Å². The normalized spacial score (nSPS) is 21.2. The van der Waals surface area contributed by atoms with Crippen LogP contribution in [0, 0.1) is 0 Å². The molecular formula is C15H22N2O2. The second kappa shape index (κ2) is 5.61. The number of primary amides is 1. The number of amides is 1. The second-order valence-electron chi connectivity index (χ2n) is 5.18. The first-order valence-corrected chi connectivity index (χ1v) is 6.82. The smallest absolute Gasteiger partial charge is 0.219 e. The van der Waals surface area contributed by atoms with Gasteiger partial charge in [0.25, 0.3) is 0 Å². The number of benzene rings is 1. The molecule has 0 radical (unpaired) electrons. The summed E-state index contributed by atoms with van der Waals surface area (Å²) in [5.74, 6) is 0.562. The number of hydrogen-bond donors (Lipinski definition) is 2. The zero-order valence-corrected chi connectivity index (χ0v) is 11.7. The summed E-state index contributed by atoms with van der Waals surface area (Å²) in [6.45, 7) is 3.00. The van der Waals surface area contributed by atoms with Gasteiger partial charge in [-0.15, -0.1) is 0 Å². The van der Waals surface area contributed by atoms with Crippen molar-refractivity contribution in [1.82, 2.24) is 5.32 Å². The average molecular weight is 262 g/mol. The van der Waals surface area contributed by atoms with E-state index in [-0.39, 0.29) is 11.4 Å². The lowest BCUT2D eigenvalue weighted by Crippen LogP contribution is -2.44. The summed E-state index contributed by atoms with van der Waals surface area (Å²) in [6, 6.07) is 6.09. The number of rotatable bonds is 6. The van der Waals surface area contributed by atoms with Crippen molar-refractivity contribution in [2.45, 2.75) is 38.1 Å². The summed E-state index contributed by atoms with van der Waals surface area (Å²) in [5.41, 5.74) is 7.58. The summed E-state index contributed by atoms with van der Waals surface area (Å²) in [7, 11) is 1.66. The molecule has 4 nitrogen and oxygen atoms in total. The van der Waals surface area contributed by atoms with Crippen LogP contribution in [-0.2, 0) is 16.8 Å². The van der Waals surface area contributed by atoms with Crippen LogP contribution in [0.25, 0.3) is 0 Å². The van der Waals surface area contributed by atoms with Gasteiger partial charge in [-0.25, -0.2) is 0 Å². The van der Waals surface area contributed by atoms with Crippen molar-refractivity contribution in [1.29, 1.82) is 0 Å². The lowest BCUT2D eigenvalue weighted by atomic mass is 9.87. The molecule has 19 heavy (non-hydrogen) atoms. The molecule has 3 N–H and O–H groups in total. The van der Waals surface area contributed by atoms with Crippen LogP contribution in [0.1, 0.15) is 37.3 Å². The largest absolute Gasteiger partial charge is 0.497 e. The van der Waals surface area contributed by atoms with Crippen LogP contribution in [0.4, 0.5) is 0 Å². The summed E-state index contributed by atoms with van der Waals surface area (Å²) in [6.07, 6.45) is 3.26. The first-order chi connectivity index (χ1) is 9.11. The Morgan fingerprint density at radius 1 is 1.53 bits per heavy atom. The molecule has 0 saturated heterocycles. The Morgan fingerprint density at radius 3 is 2.95 bits per heavy atom. The van der Waals surface area contributed by atoms with Crippen molar-refractivity contribution in [2.75, 3.05) is 13.7 Å². The highest BCUT2D eigenvalue weighted by Crippen LogP contribution is 2.41. The summed E-state index contributed by atoms with van der Waals surface area (Å²) in [4.78, 5) is 11.4. The maximum Gasteiger partial charge on any atom is 0.219 e. The zero-order chi connectivity index (χ0) is 13.9. The fraction of sp³-hybridized carbons (Fsp3) is 0.533. The molecule has 0 aromatic heterocycles. The van der Waals surface area contributed by atoms with Gasteiger partial charge in [0.1, 0.15) is 5.75 Å². The molecule has 1 aromatic carbocycles. The van der Waals surface area contributed by atoms with Crippen LogP contribution in [0.3, 0.4) is 0 Å². The molecule has 0 heterocycles. The Labute approximate surface area is 114 Å². The summed E-state index contributed by atoms with van der Waals surface area (Å²) in [5, 5.41) is 3.53. The van der Waals surface area contributed by atoms with E-state index in [0.29, 0.717) is 6.42 Å². The Morgan fingerprint density at radius 2 is 2.32 bits per heavy atom. The molecule has 0 aliphatic heterocycles. The van der Waals surface area contributed by atoms with Crippen LogP contribution in [-0.4, -0.2) is 19.6 Å². The molecule has 104 valence electrons. The summed E-state index contributed by atoms with van der Waals surface area (Å²) >= 11 is 0. The van der Waals surface area contributed by atoms with Gasteiger partial charge in [0.05, 0.1) is 12.6 Å². The maximum absolute atomic E-state index is 11.4. The van der Waals surface area contributed by atoms with Gasteiger partial charge in [0.15, 0.2) is 0 Å². The van der Waals surface area contributed by atoms with Crippen LogP contribution < -0.4 is 15.8 Å². The van der Waals surface area contributed by atoms with Crippen molar-refractivity contribution < 1.29 is 9.53 Å². The Bertz CT molecular complexity index is 473. The van der Waals surface area contributed by atoms with Gasteiger partial charge >= 0.3 is 0 Å². The van der Waals surface area contributed by atoms with Crippen molar-refractivity contribution >= 4 is 5.91 Å². The first-order valence-electron chi connectivity index (χ1n) is 6.82. The van der Waals surface area contributed by atoms with Crippen LogP contribution >= 0.6 is 0 Å². The van der Waals surface area contributed by atoms with E-state index in [0.717, 1.165) is 31.6 Å². The molecule has 2 rings (SSSR count). The highest BCUT2D eigenvalue weighted by Gasteiger charge is 2.39. The number of hydrogen-bond acceptors (Lipinski definition) is 3. The summed E-state index contributed by atoms with van der Waals surface area (Å²) < 4.78 is 5.30. The quantitative estimate of drug-likeness (QED) is 0.820. The van der Waals surface area contributed by atoms with E-state index in [1.807, 2.05) is 12.1 Å². The first kappa shape index (κ1) is 13.9. The number of fused-ring (bicyclic) bond motifs is 1. The predicted octanol–water partition coefficient (Wildman–Crippen LogP) is 1.71. The molecule has 1 aliphatic carbocycles. The molecule has 0 bridgehead atoms. The molecule has 4 heteroatoms. The number of carbonyl (C=O) groups excluding carboxylic acids is 1. The van der Waals surface area contributed by atoms with Gasteiger partial charge in [0.2, 0.25) is 5.91 Å². The lowest BCUT2D eigenvalue weighted by molar-refractivity contribution is -0.119. The third-order valence-electron chi connectivity index (χ3n) is 3.84. The number of nitrogens with two attached hydrogens (primary N) is 1. The average Bonchev–Trinajstić information content (AvgIpc) is 2.74. The SMILES string of the molecule is CCCNC1(CC(N)=O)CCc2ccc(OC)cc21. The third kappa shape index (κ3) is 2.73. The van der Waals surface area contributed by atoms with E-state index < -0.39 is 0 Å². The van der Waals surface area contributed by atoms with E-state index >= 15 is 0 Å². The lowest BCUT2D eigenvalue weighted by Gasteiger charge is -2.31. The minimum Gasteiger partial charge on any atom is -0.497 e. The number of methoxy groups -OCH3 is 1. The minimum atomic E-state index is -0.314. The molecule has 0 fully saturated rings. The molecule has 1 amide bonds. The van der Waals surface area contributed by atoms with Gasteiger partial charge in [-0.3, -0.25) is 4.79 Å². The van der Waals surface area contributed by atoms with E-state index in [1.165, 1.54) is 11.1 Å². The molecule has 1 atom stereocenters. The number of aryl methyl sites for hydroxylation is 1. The van der Waals surface area contributed by atoms with Gasteiger partial charge in [-0.2, -0.15) is 0 Å². The van der Waals surface area contributed by atoms with E-state index in [2.05, 4.69) is 18.3 Å². The van der Waals surface area contributed by atoms with Crippen LogP contribution in [0.15, 0.2) is 18.2 Å². The number of carbonyl (C=O) groups is 1. The van der Waals surface area contributed by atoms with E-state index in [4.69, 9.17) is 10.5 Å². The van der Waals surface area contributed by atoms with Crippen molar-refractivity contribution in [3.63, 3.8) is 0 Å². The Kier molecular flexibility index (Phi) is 4.10. The fourth-order valence-corrected chi connectivity index (χ4v) is 2.92. The Hall–Kier alpha value is -1.55. The zero-order valence-electron chi connectivity index (χ0n) is 11.7. The van der Waals surface area contributed by atoms with Gasteiger partial charge in [-0.1, -0.05) is 13.0 Å².